The normalized spacial score (nSPS) is 13.0. The van der Waals surface area contributed by atoms with E-state index in [4.69, 9.17) is 4.74 Å². The molecule has 144 valence electrons. The number of aromatic nitrogens is 3. The summed E-state index contributed by atoms with van der Waals surface area (Å²) < 4.78 is 7.08. The number of benzene rings is 2. The molecule has 6 nitrogen and oxygen atoms in total. The first-order valence-corrected chi connectivity index (χ1v) is 9.51. The van der Waals surface area contributed by atoms with Gasteiger partial charge < -0.3 is 9.64 Å². The van der Waals surface area contributed by atoms with Crippen LogP contribution >= 0.6 is 0 Å². The Morgan fingerprint density at radius 3 is 2.66 bits per heavy atom. The van der Waals surface area contributed by atoms with Crippen LogP contribution in [0, 0.1) is 0 Å². The molecule has 4 aromatic rings. The van der Waals surface area contributed by atoms with Gasteiger partial charge in [-0.05, 0) is 65.6 Å². The van der Waals surface area contributed by atoms with Gasteiger partial charge in [-0.2, -0.15) is 5.10 Å². The number of hydrogen-bond acceptors (Lipinski definition) is 4. The molecule has 0 unspecified atom stereocenters. The molecule has 2 aromatic heterocycles. The predicted octanol–water partition coefficient (Wildman–Crippen LogP) is 3.85. The van der Waals surface area contributed by atoms with E-state index in [1.54, 1.807) is 24.2 Å². The van der Waals surface area contributed by atoms with E-state index < -0.39 is 0 Å². The molecule has 0 saturated carbocycles. The number of aryl methyl sites for hydroxylation is 1. The van der Waals surface area contributed by atoms with Gasteiger partial charge in [0.1, 0.15) is 0 Å². The highest BCUT2D eigenvalue weighted by atomic mass is 16.5. The van der Waals surface area contributed by atoms with E-state index in [-0.39, 0.29) is 5.91 Å². The summed E-state index contributed by atoms with van der Waals surface area (Å²) in [6.45, 7) is 0.678. The van der Waals surface area contributed by atoms with Gasteiger partial charge in [0, 0.05) is 37.2 Å². The molecular formula is C23H20N4O2. The molecule has 29 heavy (non-hydrogen) atoms. The summed E-state index contributed by atoms with van der Waals surface area (Å²) >= 11 is 0. The van der Waals surface area contributed by atoms with Crippen LogP contribution in [-0.4, -0.2) is 34.3 Å². The molecule has 1 amide bonds. The second-order valence-corrected chi connectivity index (χ2v) is 7.15. The zero-order chi connectivity index (χ0) is 20.0. The Bertz CT molecular complexity index is 1230. The zero-order valence-electron chi connectivity index (χ0n) is 16.3. The summed E-state index contributed by atoms with van der Waals surface area (Å²) in [5.74, 6) is 0.682. The highest BCUT2D eigenvalue weighted by molar-refractivity contribution is 6.09. The minimum Gasteiger partial charge on any atom is -0.481 e. The Morgan fingerprint density at radius 2 is 1.86 bits per heavy atom. The number of fused-ring (bicyclic) bond motifs is 2. The fourth-order valence-electron chi connectivity index (χ4n) is 4.04. The maximum atomic E-state index is 13.2. The molecular weight excluding hydrogens is 364 g/mol. The van der Waals surface area contributed by atoms with Gasteiger partial charge in [-0.1, -0.05) is 6.07 Å². The molecule has 1 aliphatic rings. The van der Waals surface area contributed by atoms with E-state index in [1.807, 2.05) is 48.3 Å². The van der Waals surface area contributed by atoms with Gasteiger partial charge in [-0.3, -0.25) is 9.78 Å². The maximum Gasteiger partial charge on any atom is 0.258 e. The first kappa shape index (κ1) is 17.4. The molecule has 0 spiro atoms. The first-order valence-electron chi connectivity index (χ1n) is 9.51. The van der Waals surface area contributed by atoms with Crippen molar-refractivity contribution in [2.24, 2.45) is 7.05 Å². The number of hydrogen-bond donors (Lipinski definition) is 0. The van der Waals surface area contributed by atoms with Gasteiger partial charge in [0.25, 0.3) is 5.91 Å². The maximum absolute atomic E-state index is 13.2. The summed E-state index contributed by atoms with van der Waals surface area (Å²) in [5, 5.41) is 5.36. The van der Waals surface area contributed by atoms with Crippen molar-refractivity contribution in [2.45, 2.75) is 6.42 Å². The highest BCUT2D eigenvalue weighted by Crippen LogP contribution is 2.34. The van der Waals surface area contributed by atoms with Crippen LogP contribution in [0.3, 0.4) is 0 Å². The van der Waals surface area contributed by atoms with Crippen LogP contribution in [0.1, 0.15) is 15.9 Å². The fourth-order valence-corrected chi connectivity index (χ4v) is 4.04. The molecule has 0 N–H and O–H groups in total. The Balaban J connectivity index is 1.47. The van der Waals surface area contributed by atoms with E-state index in [2.05, 4.69) is 22.2 Å². The van der Waals surface area contributed by atoms with Crippen molar-refractivity contribution in [1.82, 2.24) is 14.8 Å². The number of rotatable bonds is 3. The number of anilines is 1. The van der Waals surface area contributed by atoms with Crippen molar-refractivity contribution in [1.29, 1.82) is 0 Å². The van der Waals surface area contributed by atoms with Crippen molar-refractivity contribution in [3.05, 3.63) is 72.1 Å². The number of nitrogens with zero attached hydrogens (tertiary/aromatic N) is 4. The van der Waals surface area contributed by atoms with E-state index in [0.29, 0.717) is 18.0 Å². The third-order valence-electron chi connectivity index (χ3n) is 5.45. The molecule has 0 aliphatic carbocycles. The molecule has 0 fully saturated rings. The molecule has 0 radical (unpaired) electrons. The largest absolute Gasteiger partial charge is 0.481 e. The molecule has 0 saturated heterocycles. The van der Waals surface area contributed by atoms with Crippen molar-refractivity contribution < 1.29 is 9.53 Å². The predicted molar refractivity (Wildman–Crippen MR) is 112 cm³/mol. The monoisotopic (exact) mass is 384 g/mol. The molecule has 6 heteroatoms. The van der Waals surface area contributed by atoms with Gasteiger partial charge in [0.15, 0.2) is 0 Å². The smallest absolute Gasteiger partial charge is 0.258 e. The number of methoxy groups -OCH3 is 1. The fraction of sp³-hybridized carbons (Fsp3) is 0.174. The molecule has 3 heterocycles. The SMILES string of the molecule is COc1c2ccc(C(=O)N3CCc4cc(-c5ccncc5)ccc43)cc2nn1C. The van der Waals surface area contributed by atoms with Crippen molar-refractivity contribution in [3.8, 4) is 17.0 Å². The van der Waals surface area contributed by atoms with Crippen LogP contribution in [0.25, 0.3) is 22.0 Å². The lowest BCUT2D eigenvalue weighted by atomic mass is 10.0. The third kappa shape index (κ3) is 2.84. The molecule has 0 bridgehead atoms. The van der Waals surface area contributed by atoms with Crippen molar-refractivity contribution >= 4 is 22.5 Å². The molecule has 1 aliphatic heterocycles. The quantitative estimate of drug-likeness (QED) is 0.538. The van der Waals surface area contributed by atoms with E-state index in [9.17, 15) is 4.79 Å². The summed E-state index contributed by atoms with van der Waals surface area (Å²) in [6.07, 6.45) is 4.43. The van der Waals surface area contributed by atoms with Crippen LogP contribution in [0.15, 0.2) is 60.9 Å². The van der Waals surface area contributed by atoms with Crippen LogP contribution in [0.4, 0.5) is 5.69 Å². The molecule has 2 aromatic carbocycles. The highest BCUT2D eigenvalue weighted by Gasteiger charge is 2.26. The van der Waals surface area contributed by atoms with Crippen LogP contribution in [0.5, 0.6) is 5.88 Å². The van der Waals surface area contributed by atoms with Crippen LogP contribution in [0.2, 0.25) is 0 Å². The van der Waals surface area contributed by atoms with Crippen molar-refractivity contribution in [2.75, 3.05) is 18.6 Å². The Morgan fingerprint density at radius 1 is 1.03 bits per heavy atom. The minimum absolute atomic E-state index is 0.00747. The van der Waals surface area contributed by atoms with Gasteiger partial charge in [0.2, 0.25) is 5.88 Å². The number of amides is 1. The number of pyridine rings is 1. The average molecular weight is 384 g/mol. The van der Waals surface area contributed by atoms with Crippen LogP contribution in [-0.2, 0) is 13.5 Å². The summed E-state index contributed by atoms with van der Waals surface area (Å²) in [6, 6.07) is 15.8. The Kier molecular flexibility index (Phi) is 4.05. The lowest BCUT2D eigenvalue weighted by Gasteiger charge is -2.18. The molecule has 5 rings (SSSR count). The number of carbonyl (C=O) groups excluding carboxylic acids is 1. The van der Waals surface area contributed by atoms with Crippen LogP contribution < -0.4 is 9.64 Å². The summed E-state index contributed by atoms with van der Waals surface area (Å²) in [5.41, 5.74) is 5.82. The van der Waals surface area contributed by atoms with E-state index in [1.165, 1.54) is 5.56 Å². The standard InChI is InChI=1S/C23H20N4O2/c1-26-23(29-2)19-5-3-18(14-20(19)25-26)22(28)27-12-9-17-13-16(4-6-21(17)27)15-7-10-24-11-8-15/h3-8,10-11,13-14H,9,12H2,1-2H3. The zero-order valence-corrected chi connectivity index (χ0v) is 16.3. The lowest BCUT2D eigenvalue weighted by Crippen LogP contribution is -2.28. The van der Waals surface area contributed by atoms with Gasteiger partial charge in [-0.25, -0.2) is 4.68 Å². The average Bonchev–Trinajstić information content (AvgIpc) is 3.32. The second kappa shape index (κ2) is 6.74. The first-order chi connectivity index (χ1) is 14.2. The lowest BCUT2D eigenvalue weighted by molar-refractivity contribution is 0.0989. The topological polar surface area (TPSA) is 60.2 Å². The van der Waals surface area contributed by atoms with Gasteiger partial charge in [-0.15, -0.1) is 0 Å². The van der Waals surface area contributed by atoms with Crippen molar-refractivity contribution in [3.63, 3.8) is 0 Å². The summed E-state index contributed by atoms with van der Waals surface area (Å²) in [4.78, 5) is 19.2. The van der Waals surface area contributed by atoms with Gasteiger partial charge >= 0.3 is 0 Å². The van der Waals surface area contributed by atoms with E-state index in [0.717, 1.165) is 34.1 Å². The van der Waals surface area contributed by atoms with Gasteiger partial charge in [0.05, 0.1) is 18.0 Å². The summed E-state index contributed by atoms with van der Waals surface area (Å²) in [7, 11) is 3.45. The Hall–Kier alpha value is -3.67. The number of carbonyl (C=O) groups is 1. The second-order valence-electron chi connectivity index (χ2n) is 7.15. The third-order valence-corrected chi connectivity index (χ3v) is 5.45. The minimum atomic E-state index is -0.00747. The molecule has 0 atom stereocenters. The van der Waals surface area contributed by atoms with E-state index >= 15 is 0 Å². The number of ether oxygens (including phenoxy) is 1. The Labute approximate surface area is 168 Å².